The summed E-state index contributed by atoms with van der Waals surface area (Å²) >= 11 is 1.51. The fraction of sp³-hybridized carbons (Fsp3) is 0.389. The number of nitrogens with zero attached hydrogens (tertiary/aromatic N) is 1. The molecule has 1 saturated heterocycles. The molecule has 0 spiro atoms. The van der Waals surface area contributed by atoms with Crippen molar-refractivity contribution in [3.05, 3.63) is 47.3 Å². The zero-order chi connectivity index (χ0) is 17.6. The van der Waals surface area contributed by atoms with Crippen molar-refractivity contribution < 1.29 is 14.1 Å². The van der Waals surface area contributed by atoms with Crippen LogP contribution in [0.2, 0.25) is 0 Å². The molecule has 2 amide bonds. The van der Waals surface area contributed by atoms with Crippen molar-refractivity contribution >= 4 is 23.6 Å². The molecule has 1 aromatic carbocycles. The van der Waals surface area contributed by atoms with Gasteiger partial charge in [-0.3, -0.25) is 9.59 Å². The summed E-state index contributed by atoms with van der Waals surface area (Å²) in [5.41, 5.74) is 1.40. The average molecular weight is 359 g/mol. The standard InChI is InChI=1S/C18H21N3O3S/c1-12-10-13(24-21-12)11-25-16-8-3-2-6-14(16)17(22)20-15-7-4-5-9-19-18(15)23/h2-3,6,8,10,15H,4-5,7,9,11H2,1H3,(H,19,23)(H,20,22). The van der Waals surface area contributed by atoms with E-state index >= 15 is 0 Å². The molecule has 0 saturated carbocycles. The molecule has 1 unspecified atom stereocenters. The maximum Gasteiger partial charge on any atom is 0.253 e. The van der Waals surface area contributed by atoms with Gasteiger partial charge in [-0.05, 0) is 38.3 Å². The van der Waals surface area contributed by atoms with Gasteiger partial charge in [0.15, 0.2) is 0 Å². The highest BCUT2D eigenvalue weighted by Gasteiger charge is 2.23. The van der Waals surface area contributed by atoms with Crippen molar-refractivity contribution in [2.24, 2.45) is 0 Å². The lowest BCUT2D eigenvalue weighted by atomic mass is 10.1. The van der Waals surface area contributed by atoms with Crippen molar-refractivity contribution in [1.82, 2.24) is 15.8 Å². The van der Waals surface area contributed by atoms with E-state index in [1.807, 2.05) is 31.2 Å². The molecule has 2 N–H and O–H groups in total. The van der Waals surface area contributed by atoms with Gasteiger partial charge >= 0.3 is 0 Å². The topological polar surface area (TPSA) is 84.2 Å². The predicted octanol–water partition coefficient (Wildman–Crippen LogP) is 2.67. The van der Waals surface area contributed by atoms with Crippen molar-refractivity contribution in [2.45, 2.75) is 42.9 Å². The number of benzene rings is 1. The van der Waals surface area contributed by atoms with Gasteiger partial charge in [0.1, 0.15) is 11.8 Å². The Bertz CT molecular complexity index is 760. The molecule has 0 radical (unpaired) electrons. The van der Waals surface area contributed by atoms with Crippen molar-refractivity contribution in [3.8, 4) is 0 Å². The van der Waals surface area contributed by atoms with Crippen LogP contribution in [0.25, 0.3) is 0 Å². The summed E-state index contributed by atoms with van der Waals surface area (Å²) in [5.74, 6) is 1.03. The van der Waals surface area contributed by atoms with Crippen molar-refractivity contribution in [3.63, 3.8) is 0 Å². The molecule has 0 aliphatic carbocycles. The second-order valence-electron chi connectivity index (χ2n) is 6.03. The van der Waals surface area contributed by atoms with Gasteiger partial charge in [-0.25, -0.2) is 0 Å². The number of aromatic nitrogens is 1. The number of aryl methyl sites for hydroxylation is 1. The summed E-state index contributed by atoms with van der Waals surface area (Å²) in [6.07, 6.45) is 2.54. The zero-order valence-corrected chi connectivity index (χ0v) is 14.9. The van der Waals surface area contributed by atoms with Crippen molar-refractivity contribution in [2.75, 3.05) is 6.54 Å². The van der Waals surface area contributed by atoms with Crippen LogP contribution in [0.1, 0.15) is 41.1 Å². The number of carbonyl (C=O) groups is 2. The largest absolute Gasteiger partial charge is 0.360 e. The minimum atomic E-state index is -0.468. The molecular formula is C18H21N3O3S. The minimum absolute atomic E-state index is 0.104. The molecular weight excluding hydrogens is 338 g/mol. The van der Waals surface area contributed by atoms with Crippen LogP contribution in [-0.4, -0.2) is 29.6 Å². The number of hydrogen-bond donors (Lipinski definition) is 2. The molecule has 1 aliphatic heterocycles. The lowest BCUT2D eigenvalue weighted by molar-refractivity contribution is -0.122. The van der Waals surface area contributed by atoms with Gasteiger partial charge in [0, 0.05) is 17.5 Å². The maximum absolute atomic E-state index is 12.7. The Morgan fingerprint density at radius 2 is 2.24 bits per heavy atom. The lowest BCUT2D eigenvalue weighted by Gasteiger charge is -2.16. The van der Waals surface area contributed by atoms with Crippen LogP contribution in [0.4, 0.5) is 0 Å². The zero-order valence-electron chi connectivity index (χ0n) is 14.1. The normalized spacial score (nSPS) is 17.6. The molecule has 25 heavy (non-hydrogen) atoms. The molecule has 3 rings (SSSR count). The van der Waals surface area contributed by atoms with Crippen LogP contribution >= 0.6 is 11.8 Å². The third-order valence-corrected chi connectivity index (χ3v) is 5.11. The monoisotopic (exact) mass is 359 g/mol. The summed E-state index contributed by atoms with van der Waals surface area (Å²) in [5, 5.41) is 9.57. The highest BCUT2D eigenvalue weighted by atomic mass is 32.2. The van der Waals surface area contributed by atoms with Gasteiger partial charge in [-0.15, -0.1) is 11.8 Å². The van der Waals surface area contributed by atoms with Gasteiger partial charge in [0.05, 0.1) is 17.0 Å². The second kappa shape index (κ2) is 8.20. The second-order valence-corrected chi connectivity index (χ2v) is 7.05. The smallest absolute Gasteiger partial charge is 0.253 e. The molecule has 132 valence electrons. The van der Waals surface area contributed by atoms with E-state index < -0.39 is 6.04 Å². The summed E-state index contributed by atoms with van der Waals surface area (Å²) < 4.78 is 5.21. The molecule has 1 aliphatic rings. The van der Waals surface area contributed by atoms with E-state index in [4.69, 9.17) is 4.52 Å². The fourth-order valence-electron chi connectivity index (χ4n) is 2.73. The van der Waals surface area contributed by atoms with E-state index in [-0.39, 0.29) is 11.8 Å². The van der Waals surface area contributed by atoms with Crippen LogP contribution in [0.5, 0.6) is 0 Å². The SMILES string of the molecule is Cc1cc(CSc2ccccc2C(=O)NC2CCCCNC2=O)on1. The number of rotatable bonds is 5. The minimum Gasteiger partial charge on any atom is -0.360 e. The average Bonchev–Trinajstić information content (AvgIpc) is 2.93. The van der Waals surface area contributed by atoms with Crippen LogP contribution < -0.4 is 10.6 Å². The molecule has 2 aromatic rings. The van der Waals surface area contributed by atoms with Gasteiger partial charge in [0.25, 0.3) is 5.91 Å². The third-order valence-electron chi connectivity index (χ3n) is 4.02. The Labute approximate surface area is 150 Å². The quantitative estimate of drug-likeness (QED) is 0.802. The molecule has 1 aromatic heterocycles. The Balaban J connectivity index is 1.68. The van der Waals surface area contributed by atoms with Crippen LogP contribution in [0.3, 0.4) is 0 Å². The van der Waals surface area contributed by atoms with E-state index in [1.165, 1.54) is 11.8 Å². The third kappa shape index (κ3) is 4.63. The highest BCUT2D eigenvalue weighted by Crippen LogP contribution is 2.26. The van der Waals surface area contributed by atoms with Gasteiger partial charge in [-0.1, -0.05) is 17.3 Å². The fourth-order valence-corrected chi connectivity index (χ4v) is 3.65. The van der Waals surface area contributed by atoms with Crippen LogP contribution in [-0.2, 0) is 10.5 Å². The van der Waals surface area contributed by atoms with E-state index in [2.05, 4.69) is 15.8 Å². The number of nitrogens with one attached hydrogen (secondary N) is 2. The predicted molar refractivity (Wildman–Crippen MR) is 95.4 cm³/mol. The number of carbonyl (C=O) groups excluding carboxylic acids is 2. The molecule has 2 heterocycles. The van der Waals surface area contributed by atoms with Crippen molar-refractivity contribution in [1.29, 1.82) is 0 Å². The molecule has 7 heteroatoms. The van der Waals surface area contributed by atoms with E-state index in [9.17, 15) is 9.59 Å². The Hall–Kier alpha value is -2.28. The Kier molecular flexibility index (Phi) is 5.75. The van der Waals surface area contributed by atoms with Gasteiger partial charge < -0.3 is 15.2 Å². The first kappa shape index (κ1) is 17.5. The summed E-state index contributed by atoms with van der Waals surface area (Å²) in [6, 6.07) is 8.80. The number of thioether (sulfide) groups is 1. The molecule has 1 fully saturated rings. The molecule has 1 atom stereocenters. The Morgan fingerprint density at radius 3 is 3.04 bits per heavy atom. The van der Waals surface area contributed by atoms with Crippen LogP contribution in [0, 0.1) is 6.92 Å². The maximum atomic E-state index is 12.7. The summed E-state index contributed by atoms with van der Waals surface area (Å²) in [4.78, 5) is 25.5. The van der Waals surface area contributed by atoms with E-state index in [0.717, 1.165) is 29.2 Å². The highest BCUT2D eigenvalue weighted by molar-refractivity contribution is 7.98. The number of amides is 2. The van der Waals surface area contributed by atoms with Gasteiger partial charge in [0.2, 0.25) is 5.91 Å². The van der Waals surface area contributed by atoms with Crippen LogP contribution in [0.15, 0.2) is 39.8 Å². The first-order chi connectivity index (χ1) is 12.1. The first-order valence-corrected chi connectivity index (χ1v) is 9.34. The molecule has 6 nitrogen and oxygen atoms in total. The number of hydrogen-bond acceptors (Lipinski definition) is 5. The Morgan fingerprint density at radius 1 is 1.40 bits per heavy atom. The van der Waals surface area contributed by atoms with E-state index in [1.54, 1.807) is 6.07 Å². The summed E-state index contributed by atoms with van der Waals surface area (Å²) in [6.45, 7) is 2.55. The first-order valence-electron chi connectivity index (χ1n) is 8.36. The lowest BCUT2D eigenvalue weighted by Crippen LogP contribution is -2.45. The summed E-state index contributed by atoms with van der Waals surface area (Å²) in [7, 11) is 0. The van der Waals surface area contributed by atoms with Gasteiger partial charge in [-0.2, -0.15) is 0 Å². The molecule has 0 bridgehead atoms. The van der Waals surface area contributed by atoms with E-state index in [0.29, 0.717) is 24.3 Å².